The summed E-state index contributed by atoms with van der Waals surface area (Å²) in [5.74, 6) is -0.145. The Morgan fingerprint density at radius 2 is 2.36 bits per heavy atom. The minimum absolute atomic E-state index is 0.0249. The monoisotopic (exact) mass is 198 g/mol. The van der Waals surface area contributed by atoms with Crippen molar-refractivity contribution < 1.29 is 19.1 Å². The van der Waals surface area contributed by atoms with E-state index in [9.17, 15) is 9.59 Å². The molecule has 14 heavy (non-hydrogen) atoms. The number of ketones is 1. The number of allylic oxidation sites excluding steroid dienone is 1. The lowest BCUT2D eigenvalue weighted by atomic mass is 9.92. The molecular formula is C10H14O4. The van der Waals surface area contributed by atoms with E-state index in [0.29, 0.717) is 0 Å². The number of carbonyl (C=O) groups is 2. The molecule has 0 aromatic rings. The molecule has 0 aromatic heterocycles. The molecule has 0 heterocycles. The zero-order valence-electron chi connectivity index (χ0n) is 8.36. The van der Waals surface area contributed by atoms with E-state index < -0.39 is 12.3 Å². The van der Waals surface area contributed by atoms with Gasteiger partial charge in [-0.25, -0.2) is 4.79 Å². The molecule has 0 aliphatic heterocycles. The van der Waals surface area contributed by atoms with Crippen molar-refractivity contribution in [3.63, 3.8) is 0 Å². The van der Waals surface area contributed by atoms with E-state index in [1.807, 2.05) is 6.92 Å². The van der Waals surface area contributed by atoms with Crippen molar-refractivity contribution in [1.82, 2.24) is 0 Å². The summed E-state index contributed by atoms with van der Waals surface area (Å²) in [6.45, 7) is 3.81. The lowest BCUT2D eigenvalue weighted by Crippen LogP contribution is -2.34. The first-order valence-electron chi connectivity index (χ1n) is 4.69. The van der Waals surface area contributed by atoms with E-state index in [1.54, 1.807) is 13.0 Å². The normalized spacial score (nSPS) is 26.0. The number of rotatable bonds is 2. The standard InChI is InChI=1S/C10H14O4/c1-3-13-10(12)14-9-7(2)5-4-6-8(9)11/h4,6-7,9H,3,5H2,1-2H3. The zero-order chi connectivity index (χ0) is 10.6. The van der Waals surface area contributed by atoms with Crippen molar-refractivity contribution in [1.29, 1.82) is 0 Å². The lowest BCUT2D eigenvalue weighted by molar-refractivity contribution is -0.127. The zero-order valence-corrected chi connectivity index (χ0v) is 8.36. The molecule has 0 saturated heterocycles. The Labute approximate surface area is 82.9 Å². The summed E-state index contributed by atoms with van der Waals surface area (Å²) in [5, 5.41) is 0. The molecule has 4 nitrogen and oxygen atoms in total. The maximum atomic E-state index is 11.3. The van der Waals surface area contributed by atoms with Crippen LogP contribution in [-0.4, -0.2) is 24.6 Å². The fourth-order valence-electron chi connectivity index (χ4n) is 1.33. The number of carbonyl (C=O) groups excluding carboxylic acids is 2. The molecule has 2 unspecified atom stereocenters. The molecule has 0 aromatic carbocycles. The van der Waals surface area contributed by atoms with Crippen molar-refractivity contribution >= 4 is 11.9 Å². The van der Waals surface area contributed by atoms with Crippen LogP contribution in [0.15, 0.2) is 12.2 Å². The van der Waals surface area contributed by atoms with Gasteiger partial charge in [0.2, 0.25) is 0 Å². The third-order valence-corrected chi connectivity index (χ3v) is 2.07. The Bertz CT molecular complexity index is 257. The second kappa shape index (κ2) is 4.79. The van der Waals surface area contributed by atoms with Crippen LogP contribution in [-0.2, 0) is 14.3 Å². The maximum absolute atomic E-state index is 11.3. The van der Waals surface area contributed by atoms with Crippen molar-refractivity contribution in [3.05, 3.63) is 12.2 Å². The van der Waals surface area contributed by atoms with Gasteiger partial charge in [0.25, 0.3) is 0 Å². The van der Waals surface area contributed by atoms with E-state index in [4.69, 9.17) is 4.74 Å². The topological polar surface area (TPSA) is 52.6 Å². The van der Waals surface area contributed by atoms with Gasteiger partial charge in [-0.3, -0.25) is 4.79 Å². The SMILES string of the molecule is CCOC(=O)OC1C(=O)C=CCC1C. The van der Waals surface area contributed by atoms with Crippen LogP contribution in [0.5, 0.6) is 0 Å². The molecule has 0 spiro atoms. The lowest BCUT2D eigenvalue weighted by Gasteiger charge is -2.23. The smallest absolute Gasteiger partial charge is 0.435 e. The van der Waals surface area contributed by atoms with E-state index in [2.05, 4.69) is 4.74 Å². The van der Waals surface area contributed by atoms with Gasteiger partial charge in [0, 0.05) is 5.92 Å². The Morgan fingerprint density at radius 1 is 1.64 bits per heavy atom. The highest BCUT2D eigenvalue weighted by molar-refractivity contribution is 5.95. The number of hydrogen-bond donors (Lipinski definition) is 0. The van der Waals surface area contributed by atoms with Gasteiger partial charge in [-0.15, -0.1) is 0 Å². The van der Waals surface area contributed by atoms with Crippen LogP contribution < -0.4 is 0 Å². The molecule has 2 atom stereocenters. The van der Waals surface area contributed by atoms with Gasteiger partial charge in [0.05, 0.1) is 6.61 Å². The van der Waals surface area contributed by atoms with E-state index in [1.165, 1.54) is 6.08 Å². The van der Waals surface area contributed by atoms with Crippen molar-refractivity contribution in [2.45, 2.75) is 26.4 Å². The van der Waals surface area contributed by atoms with Gasteiger partial charge in [-0.2, -0.15) is 0 Å². The predicted octanol–water partition coefficient (Wildman–Crippen LogP) is 1.69. The van der Waals surface area contributed by atoms with Gasteiger partial charge in [0.1, 0.15) is 0 Å². The summed E-state index contributed by atoms with van der Waals surface area (Å²) in [6.07, 6.45) is 2.53. The van der Waals surface area contributed by atoms with E-state index in [-0.39, 0.29) is 18.3 Å². The average Bonchev–Trinajstić information content (AvgIpc) is 2.12. The largest absolute Gasteiger partial charge is 0.508 e. The van der Waals surface area contributed by atoms with Gasteiger partial charge in [-0.1, -0.05) is 13.0 Å². The molecule has 0 N–H and O–H groups in total. The highest BCUT2D eigenvalue weighted by Gasteiger charge is 2.29. The van der Waals surface area contributed by atoms with Crippen LogP contribution in [0.25, 0.3) is 0 Å². The molecule has 0 radical (unpaired) electrons. The van der Waals surface area contributed by atoms with Crippen LogP contribution in [0.3, 0.4) is 0 Å². The Balaban J connectivity index is 2.54. The Kier molecular flexibility index (Phi) is 3.68. The van der Waals surface area contributed by atoms with Crippen molar-refractivity contribution in [3.8, 4) is 0 Å². The average molecular weight is 198 g/mol. The molecule has 1 aliphatic rings. The fourth-order valence-corrected chi connectivity index (χ4v) is 1.33. The third-order valence-electron chi connectivity index (χ3n) is 2.07. The van der Waals surface area contributed by atoms with Crippen molar-refractivity contribution in [2.24, 2.45) is 5.92 Å². The molecular weight excluding hydrogens is 184 g/mol. The van der Waals surface area contributed by atoms with Gasteiger partial charge >= 0.3 is 6.16 Å². The summed E-state index contributed by atoms with van der Waals surface area (Å²) in [6, 6.07) is 0. The summed E-state index contributed by atoms with van der Waals surface area (Å²) >= 11 is 0. The van der Waals surface area contributed by atoms with E-state index in [0.717, 1.165) is 6.42 Å². The third kappa shape index (κ3) is 2.58. The summed E-state index contributed by atoms with van der Waals surface area (Å²) in [7, 11) is 0. The Hall–Kier alpha value is -1.32. The highest BCUT2D eigenvalue weighted by Crippen LogP contribution is 2.19. The summed E-state index contributed by atoms with van der Waals surface area (Å²) in [5.41, 5.74) is 0. The first kappa shape index (κ1) is 10.8. The number of ether oxygens (including phenoxy) is 2. The van der Waals surface area contributed by atoms with E-state index >= 15 is 0 Å². The highest BCUT2D eigenvalue weighted by atomic mass is 16.7. The second-order valence-corrected chi connectivity index (χ2v) is 3.24. The van der Waals surface area contributed by atoms with Crippen LogP contribution in [0, 0.1) is 5.92 Å². The molecule has 0 amide bonds. The first-order chi connectivity index (χ1) is 6.65. The maximum Gasteiger partial charge on any atom is 0.508 e. The summed E-state index contributed by atoms with van der Waals surface area (Å²) in [4.78, 5) is 22.3. The van der Waals surface area contributed by atoms with Gasteiger partial charge < -0.3 is 9.47 Å². The fraction of sp³-hybridized carbons (Fsp3) is 0.600. The number of hydrogen-bond acceptors (Lipinski definition) is 4. The molecule has 0 saturated carbocycles. The minimum Gasteiger partial charge on any atom is -0.435 e. The van der Waals surface area contributed by atoms with Gasteiger partial charge in [-0.05, 0) is 19.4 Å². The van der Waals surface area contributed by atoms with Crippen LogP contribution in [0.1, 0.15) is 20.3 Å². The van der Waals surface area contributed by atoms with Crippen LogP contribution >= 0.6 is 0 Å². The molecule has 0 bridgehead atoms. The predicted molar refractivity (Wildman–Crippen MR) is 49.8 cm³/mol. The van der Waals surface area contributed by atoms with Crippen molar-refractivity contribution in [2.75, 3.05) is 6.61 Å². The minimum atomic E-state index is -0.770. The van der Waals surface area contributed by atoms with Gasteiger partial charge in [0.15, 0.2) is 11.9 Å². The van der Waals surface area contributed by atoms with Crippen LogP contribution in [0.2, 0.25) is 0 Å². The molecule has 0 fully saturated rings. The first-order valence-corrected chi connectivity index (χ1v) is 4.69. The van der Waals surface area contributed by atoms with Crippen LogP contribution in [0.4, 0.5) is 4.79 Å². The quantitative estimate of drug-likeness (QED) is 0.633. The second-order valence-electron chi connectivity index (χ2n) is 3.24. The molecule has 4 heteroatoms. The molecule has 1 rings (SSSR count). The molecule has 1 aliphatic carbocycles. The summed E-state index contributed by atoms with van der Waals surface area (Å²) < 4.78 is 9.50. The molecule has 78 valence electrons. The Morgan fingerprint density at radius 3 is 2.93 bits per heavy atom.